The van der Waals surface area contributed by atoms with E-state index in [1.807, 2.05) is 50.2 Å². The zero-order valence-electron chi connectivity index (χ0n) is 15.9. The summed E-state index contributed by atoms with van der Waals surface area (Å²) in [7, 11) is 0. The van der Waals surface area contributed by atoms with Crippen LogP contribution in [-0.2, 0) is 9.59 Å². The Kier molecular flexibility index (Phi) is 5.12. The maximum absolute atomic E-state index is 12.6. The first-order valence-electron chi connectivity index (χ1n) is 9.13. The predicted octanol–water partition coefficient (Wildman–Crippen LogP) is 4.42. The van der Waals surface area contributed by atoms with Crippen LogP contribution in [0.15, 0.2) is 42.5 Å². The zero-order valence-corrected chi connectivity index (χ0v) is 15.9. The van der Waals surface area contributed by atoms with Crippen LogP contribution in [0.25, 0.3) is 0 Å². The molecule has 0 aromatic heterocycles. The standard InChI is InChI=1S/C22H26N2O2/c1-14(2)17-5-7-19(8-6-17)23-22(26)18-12-21(25)24(13-18)20-10-15(3)9-16(4)11-20/h5-11,14,18H,12-13H2,1-4H3,(H,23,26)/t18-/m1/s1. The lowest BCUT2D eigenvalue weighted by molar-refractivity contribution is -0.122. The summed E-state index contributed by atoms with van der Waals surface area (Å²) in [5.41, 5.74) is 5.12. The number of benzene rings is 2. The molecule has 2 amide bonds. The molecule has 4 nitrogen and oxygen atoms in total. The number of rotatable bonds is 4. The van der Waals surface area contributed by atoms with Crippen LogP contribution in [0.2, 0.25) is 0 Å². The van der Waals surface area contributed by atoms with Crippen molar-refractivity contribution in [1.29, 1.82) is 0 Å². The first kappa shape index (κ1) is 18.2. The molecule has 136 valence electrons. The number of hydrogen-bond acceptors (Lipinski definition) is 2. The van der Waals surface area contributed by atoms with Gasteiger partial charge in [-0.1, -0.05) is 32.0 Å². The molecule has 0 aliphatic carbocycles. The van der Waals surface area contributed by atoms with Crippen molar-refractivity contribution in [2.45, 2.75) is 40.0 Å². The molecule has 1 N–H and O–H groups in total. The fourth-order valence-electron chi connectivity index (χ4n) is 3.43. The first-order valence-corrected chi connectivity index (χ1v) is 9.13. The third-order valence-corrected chi connectivity index (χ3v) is 4.86. The summed E-state index contributed by atoms with van der Waals surface area (Å²) in [5.74, 6) is 0.0412. The average molecular weight is 350 g/mol. The topological polar surface area (TPSA) is 49.4 Å². The van der Waals surface area contributed by atoms with Crippen molar-refractivity contribution >= 4 is 23.2 Å². The van der Waals surface area contributed by atoms with Crippen molar-refractivity contribution in [3.63, 3.8) is 0 Å². The second-order valence-electron chi connectivity index (χ2n) is 7.52. The molecule has 1 aliphatic heterocycles. The van der Waals surface area contributed by atoms with Crippen LogP contribution < -0.4 is 10.2 Å². The average Bonchev–Trinajstić information content (AvgIpc) is 2.96. The van der Waals surface area contributed by atoms with E-state index in [4.69, 9.17) is 0 Å². The van der Waals surface area contributed by atoms with Crippen molar-refractivity contribution in [1.82, 2.24) is 0 Å². The number of hydrogen-bond donors (Lipinski definition) is 1. The molecular formula is C22H26N2O2. The van der Waals surface area contributed by atoms with Crippen LogP contribution in [0.3, 0.4) is 0 Å². The van der Waals surface area contributed by atoms with Gasteiger partial charge >= 0.3 is 0 Å². The van der Waals surface area contributed by atoms with Crippen LogP contribution in [-0.4, -0.2) is 18.4 Å². The number of carbonyl (C=O) groups is 2. The second kappa shape index (κ2) is 7.32. The van der Waals surface area contributed by atoms with Crippen LogP contribution >= 0.6 is 0 Å². The molecule has 2 aromatic rings. The molecular weight excluding hydrogens is 324 g/mol. The van der Waals surface area contributed by atoms with Gasteiger partial charge in [0, 0.05) is 24.3 Å². The molecule has 1 heterocycles. The van der Waals surface area contributed by atoms with Gasteiger partial charge in [0.25, 0.3) is 0 Å². The van der Waals surface area contributed by atoms with Gasteiger partial charge in [0.1, 0.15) is 0 Å². The molecule has 1 atom stereocenters. The molecule has 4 heteroatoms. The smallest absolute Gasteiger partial charge is 0.229 e. The summed E-state index contributed by atoms with van der Waals surface area (Å²) < 4.78 is 0. The van der Waals surface area contributed by atoms with Gasteiger partial charge in [0.2, 0.25) is 11.8 Å². The zero-order chi connectivity index (χ0) is 18.8. The molecule has 0 unspecified atom stereocenters. The summed E-state index contributed by atoms with van der Waals surface area (Å²) in [6, 6.07) is 14.0. The van der Waals surface area contributed by atoms with Crippen molar-refractivity contribution in [2.24, 2.45) is 5.92 Å². The highest BCUT2D eigenvalue weighted by atomic mass is 16.2. The molecule has 0 spiro atoms. The minimum Gasteiger partial charge on any atom is -0.326 e. The van der Waals surface area contributed by atoms with Crippen LogP contribution in [0, 0.1) is 19.8 Å². The summed E-state index contributed by atoms with van der Waals surface area (Å²) >= 11 is 0. The lowest BCUT2D eigenvalue weighted by atomic mass is 10.0. The minimum atomic E-state index is -0.326. The Morgan fingerprint density at radius 1 is 1.08 bits per heavy atom. The van der Waals surface area contributed by atoms with Crippen molar-refractivity contribution in [3.8, 4) is 0 Å². The van der Waals surface area contributed by atoms with Crippen molar-refractivity contribution in [2.75, 3.05) is 16.8 Å². The van der Waals surface area contributed by atoms with E-state index in [9.17, 15) is 9.59 Å². The van der Waals surface area contributed by atoms with E-state index < -0.39 is 0 Å². The van der Waals surface area contributed by atoms with Crippen molar-refractivity contribution in [3.05, 3.63) is 59.2 Å². The number of carbonyl (C=O) groups excluding carboxylic acids is 2. The van der Waals surface area contributed by atoms with Gasteiger partial charge < -0.3 is 10.2 Å². The maximum Gasteiger partial charge on any atom is 0.229 e. The molecule has 0 bridgehead atoms. The van der Waals surface area contributed by atoms with Gasteiger partial charge in [0.05, 0.1) is 5.92 Å². The largest absolute Gasteiger partial charge is 0.326 e. The Morgan fingerprint density at radius 2 is 1.69 bits per heavy atom. The highest BCUT2D eigenvalue weighted by Gasteiger charge is 2.35. The number of amides is 2. The van der Waals surface area contributed by atoms with Gasteiger partial charge in [-0.05, 0) is 60.7 Å². The van der Waals surface area contributed by atoms with E-state index in [0.29, 0.717) is 12.5 Å². The van der Waals surface area contributed by atoms with Gasteiger partial charge in [0.15, 0.2) is 0 Å². The van der Waals surface area contributed by atoms with E-state index in [2.05, 4.69) is 25.2 Å². The highest BCUT2D eigenvalue weighted by molar-refractivity contribution is 6.03. The van der Waals surface area contributed by atoms with E-state index in [-0.39, 0.29) is 24.2 Å². The van der Waals surface area contributed by atoms with E-state index in [1.54, 1.807) is 4.90 Å². The maximum atomic E-state index is 12.6. The SMILES string of the molecule is Cc1cc(C)cc(N2C[C@H](C(=O)Nc3ccc(C(C)C)cc3)CC2=O)c1. The molecule has 1 fully saturated rings. The fraction of sp³-hybridized carbons (Fsp3) is 0.364. The number of nitrogens with zero attached hydrogens (tertiary/aromatic N) is 1. The van der Waals surface area contributed by atoms with E-state index in [0.717, 1.165) is 22.5 Å². The summed E-state index contributed by atoms with van der Waals surface area (Å²) in [5, 5.41) is 2.95. The highest BCUT2D eigenvalue weighted by Crippen LogP contribution is 2.28. The Labute approximate surface area is 155 Å². The van der Waals surface area contributed by atoms with Crippen LogP contribution in [0.1, 0.15) is 42.9 Å². The minimum absolute atomic E-state index is 0.00491. The molecule has 0 radical (unpaired) electrons. The Bertz CT molecular complexity index is 804. The normalized spacial score (nSPS) is 17.0. The summed E-state index contributed by atoms with van der Waals surface area (Å²) in [4.78, 5) is 26.8. The monoisotopic (exact) mass is 350 g/mol. The van der Waals surface area contributed by atoms with Gasteiger partial charge in [-0.2, -0.15) is 0 Å². The van der Waals surface area contributed by atoms with Gasteiger partial charge in [-0.15, -0.1) is 0 Å². The number of nitrogens with one attached hydrogen (secondary N) is 1. The van der Waals surface area contributed by atoms with E-state index >= 15 is 0 Å². The lowest BCUT2D eigenvalue weighted by Gasteiger charge is -2.18. The Morgan fingerprint density at radius 3 is 2.27 bits per heavy atom. The first-order chi connectivity index (χ1) is 12.3. The number of aryl methyl sites for hydroxylation is 2. The molecule has 3 rings (SSSR count). The number of anilines is 2. The quantitative estimate of drug-likeness (QED) is 0.887. The molecule has 0 saturated carbocycles. The van der Waals surface area contributed by atoms with E-state index in [1.165, 1.54) is 5.56 Å². The van der Waals surface area contributed by atoms with Crippen molar-refractivity contribution < 1.29 is 9.59 Å². The molecule has 1 aliphatic rings. The molecule has 1 saturated heterocycles. The Hall–Kier alpha value is -2.62. The lowest BCUT2D eigenvalue weighted by Crippen LogP contribution is -2.28. The molecule has 2 aromatic carbocycles. The third-order valence-electron chi connectivity index (χ3n) is 4.86. The Balaban J connectivity index is 1.68. The fourth-order valence-corrected chi connectivity index (χ4v) is 3.43. The summed E-state index contributed by atoms with van der Waals surface area (Å²) in [6.45, 7) is 8.74. The predicted molar refractivity (Wildman–Crippen MR) is 106 cm³/mol. The third kappa shape index (κ3) is 3.96. The molecule has 26 heavy (non-hydrogen) atoms. The van der Waals surface area contributed by atoms with Gasteiger partial charge in [-0.3, -0.25) is 9.59 Å². The van der Waals surface area contributed by atoms with Crippen LogP contribution in [0.4, 0.5) is 11.4 Å². The van der Waals surface area contributed by atoms with Crippen LogP contribution in [0.5, 0.6) is 0 Å². The van der Waals surface area contributed by atoms with Gasteiger partial charge in [-0.25, -0.2) is 0 Å². The summed E-state index contributed by atoms with van der Waals surface area (Å²) in [6.07, 6.45) is 0.253. The second-order valence-corrected chi connectivity index (χ2v) is 7.52.